The molecule has 35 heavy (non-hydrogen) atoms. The van der Waals surface area contributed by atoms with Crippen LogP contribution < -0.4 is 10.9 Å². The molecule has 0 aliphatic heterocycles. The molecule has 1 saturated carbocycles. The van der Waals surface area contributed by atoms with Crippen LogP contribution >= 0.6 is 0 Å². The van der Waals surface area contributed by atoms with Crippen LogP contribution in [-0.2, 0) is 13.1 Å². The van der Waals surface area contributed by atoms with Crippen LogP contribution in [0.15, 0.2) is 29.2 Å². The molecule has 3 aromatic rings. The number of nitrogens with zero attached hydrogens (tertiary/aromatic N) is 4. The maximum atomic E-state index is 13.4. The number of nitrogens with one attached hydrogen (secondary N) is 2. The fraction of sp³-hybridized carbons (Fsp3) is 0.519. The SMILES string of the molecule is Cc1cc(C)c(CNC(=O)c2cc(CN(C)CCN(C)C)cc3c2cnn3C2CCCC2)c(=O)[nH]1. The van der Waals surface area contributed by atoms with E-state index in [4.69, 9.17) is 5.10 Å². The van der Waals surface area contributed by atoms with E-state index in [-0.39, 0.29) is 18.0 Å². The molecule has 0 atom stereocenters. The molecule has 0 bridgehead atoms. The number of aryl methyl sites for hydroxylation is 2. The average Bonchev–Trinajstić information content (AvgIpc) is 3.46. The van der Waals surface area contributed by atoms with E-state index in [9.17, 15) is 9.59 Å². The molecule has 2 N–H and O–H groups in total. The monoisotopic (exact) mass is 478 g/mol. The number of amides is 1. The van der Waals surface area contributed by atoms with E-state index in [2.05, 4.69) is 52.0 Å². The summed E-state index contributed by atoms with van der Waals surface area (Å²) in [6, 6.07) is 6.49. The molecule has 8 nitrogen and oxygen atoms in total. The predicted octanol–water partition coefficient (Wildman–Crippen LogP) is 3.38. The number of benzene rings is 1. The quantitative estimate of drug-likeness (QED) is 0.492. The highest BCUT2D eigenvalue weighted by Crippen LogP contribution is 2.33. The fourth-order valence-corrected chi connectivity index (χ4v) is 5.05. The first-order valence-electron chi connectivity index (χ1n) is 12.5. The zero-order valence-corrected chi connectivity index (χ0v) is 21.6. The maximum Gasteiger partial charge on any atom is 0.253 e. The van der Waals surface area contributed by atoms with Crippen molar-refractivity contribution in [3.8, 4) is 0 Å². The summed E-state index contributed by atoms with van der Waals surface area (Å²) in [7, 11) is 6.25. The molecule has 1 aromatic carbocycles. The largest absolute Gasteiger partial charge is 0.348 e. The third-order valence-electron chi connectivity index (χ3n) is 6.99. The van der Waals surface area contributed by atoms with E-state index in [0.717, 1.165) is 60.2 Å². The second kappa shape index (κ2) is 10.7. The minimum Gasteiger partial charge on any atom is -0.348 e. The van der Waals surface area contributed by atoms with E-state index < -0.39 is 0 Å². The van der Waals surface area contributed by atoms with Gasteiger partial charge in [-0.25, -0.2) is 0 Å². The Morgan fingerprint density at radius 3 is 2.57 bits per heavy atom. The van der Waals surface area contributed by atoms with Crippen molar-refractivity contribution >= 4 is 16.8 Å². The number of hydrogen-bond acceptors (Lipinski definition) is 5. The molecule has 0 saturated heterocycles. The summed E-state index contributed by atoms with van der Waals surface area (Å²) in [5.74, 6) is -0.182. The molecular weight excluding hydrogens is 440 g/mol. The van der Waals surface area contributed by atoms with E-state index in [0.29, 0.717) is 17.2 Å². The van der Waals surface area contributed by atoms with Crippen LogP contribution in [0, 0.1) is 13.8 Å². The van der Waals surface area contributed by atoms with Crippen molar-refractivity contribution in [2.24, 2.45) is 0 Å². The third-order valence-corrected chi connectivity index (χ3v) is 6.99. The molecular formula is C27H38N6O2. The minimum absolute atomic E-state index is 0.154. The zero-order valence-electron chi connectivity index (χ0n) is 21.6. The van der Waals surface area contributed by atoms with Crippen molar-refractivity contribution < 1.29 is 4.79 Å². The normalized spacial score (nSPS) is 14.5. The number of H-pyrrole nitrogens is 1. The standard InChI is InChI=1S/C27H38N6O2/c1-18-12-19(2)30-27(35)23(18)15-28-26(34)22-13-20(17-32(5)11-10-31(3)4)14-25-24(22)16-29-33(25)21-8-6-7-9-21/h12-14,16,21H,6-11,15,17H2,1-5H3,(H,28,34)(H,30,35). The fourth-order valence-electron chi connectivity index (χ4n) is 5.05. The first-order valence-corrected chi connectivity index (χ1v) is 12.5. The molecule has 1 aliphatic carbocycles. The molecule has 8 heteroatoms. The Bertz CT molecular complexity index is 1250. The van der Waals surface area contributed by atoms with E-state index >= 15 is 0 Å². The topological polar surface area (TPSA) is 86.3 Å². The Kier molecular flexibility index (Phi) is 7.72. The number of aromatic nitrogens is 3. The van der Waals surface area contributed by atoms with Crippen molar-refractivity contribution in [3.63, 3.8) is 0 Å². The molecule has 188 valence electrons. The van der Waals surface area contributed by atoms with Gasteiger partial charge in [0.2, 0.25) is 0 Å². The number of likely N-dealkylation sites (N-methyl/N-ethyl adjacent to an activating group) is 2. The van der Waals surface area contributed by atoms with E-state index in [1.807, 2.05) is 32.2 Å². The average molecular weight is 479 g/mol. The van der Waals surface area contributed by atoms with Crippen LogP contribution in [0.1, 0.15) is 64.5 Å². The van der Waals surface area contributed by atoms with Gasteiger partial charge in [0.05, 0.1) is 23.3 Å². The molecule has 2 heterocycles. The summed E-state index contributed by atoms with van der Waals surface area (Å²) >= 11 is 0. The van der Waals surface area contributed by atoms with Crippen LogP contribution in [-0.4, -0.2) is 64.7 Å². The Labute approximate surface area is 207 Å². The van der Waals surface area contributed by atoms with Crippen molar-refractivity contribution in [3.05, 3.63) is 62.7 Å². The summed E-state index contributed by atoms with van der Waals surface area (Å²) in [5, 5.41) is 8.57. The Hall–Kier alpha value is -2.97. The first kappa shape index (κ1) is 25.1. The molecule has 0 unspecified atom stereocenters. The van der Waals surface area contributed by atoms with Gasteiger partial charge in [-0.2, -0.15) is 5.10 Å². The number of carbonyl (C=O) groups excluding carboxylic acids is 1. The predicted molar refractivity (Wildman–Crippen MR) is 140 cm³/mol. The van der Waals surface area contributed by atoms with Gasteiger partial charge in [-0.3, -0.25) is 14.3 Å². The second-order valence-electron chi connectivity index (χ2n) is 10.3. The van der Waals surface area contributed by atoms with E-state index in [1.54, 1.807) is 0 Å². The Morgan fingerprint density at radius 1 is 1.14 bits per heavy atom. The van der Waals surface area contributed by atoms with Crippen molar-refractivity contribution in [1.29, 1.82) is 0 Å². The van der Waals surface area contributed by atoms with Crippen molar-refractivity contribution in [1.82, 2.24) is 29.9 Å². The molecule has 1 fully saturated rings. The maximum absolute atomic E-state index is 13.4. The third kappa shape index (κ3) is 5.82. The number of fused-ring (bicyclic) bond motifs is 1. The lowest BCUT2D eigenvalue weighted by Gasteiger charge is -2.20. The molecule has 0 spiro atoms. The van der Waals surface area contributed by atoms with Crippen LogP contribution in [0.3, 0.4) is 0 Å². The van der Waals surface area contributed by atoms with Crippen LogP contribution in [0.25, 0.3) is 10.9 Å². The first-order chi connectivity index (χ1) is 16.7. The van der Waals surface area contributed by atoms with Crippen molar-refractivity contribution in [2.75, 3.05) is 34.2 Å². The van der Waals surface area contributed by atoms with Gasteiger partial charge >= 0.3 is 0 Å². The summed E-state index contributed by atoms with van der Waals surface area (Å²) in [5.41, 5.74) is 4.85. The smallest absolute Gasteiger partial charge is 0.253 e. The molecule has 4 rings (SSSR count). The van der Waals surface area contributed by atoms with Gasteiger partial charge < -0.3 is 20.1 Å². The number of rotatable bonds is 9. The number of hydrogen-bond donors (Lipinski definition) is 2. The second-order valence-corrected chi connectivity index (χ2v) is 10.3. The van der Waals surface area contributed by atoms with Crippen LogP contribution in [0.2, 0.25) is 0 Å². The number of pyridine rings is 1. The summed E-state index contributed by atoms with van der Waals surface area (Å²) < 4.78 is 2.12. The van der Waals surface area contributed by atoms with Gasteiger partial charge in [0.1, 0.15) is 0 Å². The molecule has 2 aromatic heterocycles. The Morgan fingerprint density at radius 2 is 1.89 bits per heavy atom. The van der Waals surface area contributed by atoms with Gasteiger partial charge in [-0.15, -0.1) is 0 Å². The minimum atomic E-state index is -0.182. The lowest BCUT2D eigenvalue weighted by molar-refractivity contribution is 0.0952. The van der Waals surface area contributed by atoms with E-state index in [1.165, 1.54) is 12.8 Å². The number of carbonyl (C=O) groups is 1. The van der Waals surface area contributed by atoms with Gasteiger partial charge in [-0.05, 0) is 77.2 Å². The highest BCUT2D eigenvalue weighted by atomic mass is 16.1. The van der Waals surface area contributed by atoms with Crippen molar-refractivity contribution in [2.45, 2.75) is 58.7 Å². The lowest BCUT2D eigenvalue weighted by atomic mass is 10.0. The zero-order chi connectivity index (χ0) is 25.1. The Balaban J connectivity index is 1.64. The molecule has 0 radical (unpaired) electrons. The molecule has 1 amide bonds. The lowest BCUT2D eigenvalue weighted by Crippen LogP contribution is -2.29. The van der Waals surface area contributed by atoms with Gasteiger partial charge in [-0.1, -0.05) is 12.8 Å². The van der Waals surface area contributed by atoms with Crippen LogP contribution in [0.5, 0.6) is 0 Å². The highest BCUT2D eigenvalue weighted by Gasteiger charge is 2.22. The van der Waals surface area contributed by atoms with Crippen LogP contribution in [0.4, 0.5) is 0 Å². The summed E-state index contributed by atoms with van der Waals surface area (Å²) in [6.07, 6.45) is 6.51. The molecule has 1 aliphatic rings. The number of aromatic amines is 1. The highest BCUT2D eigenvalue weighted by molar-refractivity contribution is 6.06. The summed E-state index contributed by atoms with van der Waals surface area (Å²) in [4.78, 5) is 33.1. The van der Waals surface area contributed by atoms with Gasteiger partial charge in [0.25, 0.3) is 11.5 Å². The summed E-state index contributed by atoms with van der Waals surface area (Å²) in [6.45, 7) is 6.59. The van der Waals surface area contributed by atoms with Gasteiger partial charge in [0.15, 0.2) is 0 Å². The van der Waals surface area contributed by atoms with Gasteiger partial charge in [0, 0.05) is 42.8 Å².